The summed E-state index contributed by atoms with van der Waals surface area (Å²) >= 11 is 0. The van der Waals surface area contributed by atoms with Gasteiger partial charge in [-0.3, -0.25) is 14.4 Å². The van der Waals surface area contributed by atoms with Gasteiger partial charge in [0, 0.05) is 43.4 Å². The normalized spacial score (nSPS) is 53.5. The molecule has 2 aliphatic heterocycles. The lowest BCUT2D eigenvalue weighted by molar-refractivity contribution is -0.273. The molecule has 38 heavy (non-hydrogen) atoms. The summed E-state index contributed by atoms with van der Waals surface area (Å²) in [5, 5.41) is 0. The Morgan fingerprint density at radius 3 is 2.34 bits per heavy atom. The first kappa shape index (κ1) is 26.7. The summed E-state index contributed by atoms with van der Waals surface area (Å²) in [7, 11) is 0. The molecule has 4 aliphatic carbocycles. The van der Waals surface area contributed by atoms with Crippen molar-refractivity contribution in [2.75, 3.05) is 6.61 Å². The van der Waals surface area contributed by atoms with E-state index >= 15 is 0 Å². The molecule has 2 saturated heterocycles. The highest BCUT2D eigenvalue weighted by molar-refractivity contribution is 5.90. The molecule has 0 aromatic heterocycles. The van der Waals surface area contributed by atoms with Crippen molar-refractivity contribution in [1.29, 1.82) is 0 Å². The average Bonchev–Trinajstić information content (AvgIpc) is 3.29. The Balaban J connectivity index is 1.34. The van der Waals surface area contributed by atoms with Crippen molar-refractivity contribution in [3.63, 3.8) is 0 Å². The van der Waals surface area contributed by atoms with Crippen LogP contribution in [-0.4, -0.2) is 48.4 Å². The third kappa shape index (κ3) is 3.69. The zero-order chi connectivity index (χ0) is 27.2. The highest BCUT2D eigenvalue weighted by Gasteiger charge is 2.74. The Morgan fingerprint density at radius 2 is 1.68 bits per heavy atom. The lowest BCUT2D eigenvalue weighted by Gasteiger charge is -2.61. The van der Waals surface area contributed by atoms with Crippen LogP contribution < -0.4 is 0 Å². The number of fused-ring (bicyclic) bond motifs is 7. The van der Waals surface area contributed by atoms with Crippen LogP contribution in [0.5, 0.6) is 0 Å². The van der Waals surface area contributed by atoms with Crippen molar-refractivity contribution in [3.05, 3.63) is 0 Å². The minimum absolute atomic E-state index is 0.0169. The number of hydrogen-bond donors (Lipinski definition) is 0. The van der Waals surface area contributed by atoms with E-state index in [1.165, 1.54) is 13.8 Å². The molecule has 7 heteroatoms. The minimum Gasteiger partial charge on any atom is -0.463 e. The molecule has 0 bridgehead atoms. The highest BCUT2D eigenvalue weighted by atomic mass is 16.7. The van der Waals surface area contributed by atoms with Gasteiger partial charge in [0.15, 0.2) is 17.7 Å². The standard InChI is InChI=1S/C31H46O7/c1-16-9-12-31(35-15-16)17(2)25-24(38-31)14-23-22-8-7-20-13-21(36-18(3)32)10-11-29(20,5)26(22)27(34)28(30(23,25)6)37-19(4)33/h16-17,20-26,28H,7-15H2,1-6H3/t16-,17+,20+,21+,22+,23+,24+,25-,26-,28-,29+,30-,31+/m0/s1. The SMILES string of the molecule is CC(=O)O[C@@H]1CC[C@]2(C)[C@H](CC[C@H]3[C@H]2C(=O)[C@H](OC(C)=O)[C@]2(C)[C@H]4[C@@H](C)[C@@]5(CC[C@H](C)CO5)O[C@@H]4C[C@H]32)C1. The number of ketones is 1. The molecule has 1 spiro atoms. The van der Waals surface area contributed by atoms with E-state index in [0.717, 1.165) is 51.4 Å². The summed E-state index contributed by atoms with van der Waals surface area (Å²) in [5.41, 5.74) is -0.646. The fourth-order valence-electron chi connectivity index (χ4n) is 10.7. The van der Waals surface area contributed by atoms with Gasteiger partial charge in [-0.25, -0.2) is 0 Å². The van der Waals surface area contributed by atoms with Crippen molar-refractivity contribution in [1.82, 2.24) is 0 Å². The van der Waals surface area contributed by atoms with Gasteiger partial charge in [0.05, 0.1) is 12.7 Å². The first-order chi connectivity index (χ1) is 17.9. The summed E-state index contributed by atoms with van der Waals surface area (Å²) in [6.07, 6.45) is 6.54. The van der Waals surface area contributed by atoms with Gasteiger partial charge in [-0.1, -0.05) is 27.7 Å². The van der Waals surface area contributed by atoms with Gasteiger partial charge in [-0.05, 0) is 74.0 Å². The number of ether oxygens (including phenoxy) is 4. The van der Waals surface area contributed by atoms with Gasteiger partial charge >= 0.3 is 11.9 Å². The molecule has 0 amide bonds. The van der Waals surface area contributed by atoms with Gasteiger partial charge in [0.25, 0.3) is 0 Å². The Bertz CT molecular complexity index is 1000. The van der Waals surface area contributed by atoms with E-state index in [-0.39, 0.29) is 64.9 Å². The molecule has 6 fully saturated rings. The average molecular weight is 531 g/mol. The molecule has 13 atom stereocenters. The second-order valence-corrected chi connectivity index (χ2v) is 14.3. The summed E-state index contributed by atoms with van der Waals surface area (Å²) in [6, 6.07) is 0. The largest absolute Gasteiger partial charge is 0.463 e. The fraction of sp³-hybridized carbons (Fsp3) is 0.903. The van der Waals surface area contributed by atoms with Crippen molar-refractivity contribution < 1.29 is 33.3 Å². The van der Waals surface area contributed by atoms with E-state index in [2.05, 4.69) is 27.7 Å². The van der Waals surface area contributed by atoms with Crippen LogP contribution in [0.1, 0.15) is 92.9 Å². The molecule has 0 radical (unpaired) electrons. The third-order valence-electron chi connectivity index (χ3n) is 12.3. The molecule has 7 nitrogen and oxygen atoms in total. The first-order valence-electron chi connectivity index (χ1n) is 15.1. The van der Waals surface area contributed by atoms with Crippen LogP contribution in [0.15, 0.2) is 0 Å². The van der Waals surface area contributed by atoms with Crippen molar-refractivity contribution >= 4 is 17.7 Å². The lowest BCUT2D eigenvalue weighted by atomic mass is 9.43. The van der Waals surface area contributed by atoms with Gasteiger partial charge in [-0.2, -0.15) is 0 Å². The van der Waals surface area contributed by atoms with E-state index in [1.807, 2.05) is 0 Å². The Hall–Kier alpha value is -1.47. The number of rotatable bonds is 2. The molecule has 6 rings (SSSR count). The zero-order valence-corrected chi connectivity index (χ0v) is 24.0. The third-order valence-corrected chi connectivity index (χ3v) is 12.3. The zero-order valence-electron chi connectivity index (χ0n) is 24.0. The van der Waals surface area contributed by atoms with E-state index in [9.17, 15) is 14.4 Å². The summed E-state index contributed by atoms with van der Waals surface area (Å²) < 4.78 is 25.0. The number of carbonyl (C=O) groups excluding carboxylic acids is 3. The Morgan fingerprint density at radius 1 is 0.947 bits per heavy atom. The fourth-order valence-corrected chi connectivity index (χ4v) is 10.7. The van der Waals surface area contributed by atoms with E-state index in [1.54, 1.807) is 0 Å². The molecule has 4 saturated carbocycles. The van der Waals surface area contributed by atoms with E-state index in [4.69, 9.17) is 18.9 Å². The van der Waals surface area contributed by atoms with Gasteiger partial charge in [0.2, 0.25) is 0 Å². The minimum atomic E-state index is -0.758. The predicted molar refractivity (Wildman–Crippen MR) is 139 cm³/mol. The summed E-state index contributed by atoms with van der Waals surface area (Å²) in [6.45, 7) is 12.6. The lowest BCUT2D eigenvalue weighted by Crippen LogP contribution is -2.65. The first-order valence-corrected chi connectivity index (χ1v) is 15.1. The molecule has 2 heterocycles. The Labute approximate surface area is 227 Å². The molecule has 0 aromatic carbocycles. The molecular formula is C31H46O7. The maximum atomic E-state index is 14.6. The number of carbonyl (C=O) groups is 3. The molecule has 0 unspecified atom stereocenters. The monoisotopic (exact) mass is 530 g/mol. The summed E-state index contributed by atoms with van der Waals surface area (Å²) in [4.78, 5) is 38.8. The molecule has 6 aliphatic rings. The van der Waals surface area contributed by atoms with Crippen molar-refractivity contribution in [2.45, 2.75) is 117 Å². The van der Waals surface area contributed by atoms with Crippen LogP contribution in [0.2, 0.25) is 0 Å². The second-order valence-electron chi connectivity index (χ2n) is 14.3. The van der Waals surface area contributed by atoms with Crippen LogP contribution >= 0.6 is 0 Å². The van der Waals surface area contributed by atoms with E-state index < -0.39 is 17.3 Å². The molecular weight excluding hydrogens is 484 g/mol. The highest BCUT2D eigenvalue weighted by Crippen LogP contribution is 2.71. The van der Waals surface area contributed by atoms with Gasteiger partial charge < -0.3 is 18.9 Å². The summed E-state index contributed by atoms with van der Waals surface area (Å²) in [5.74, 6) is 0.386. The number of Topliss-reactive ketones (excluding diaryl/α,β-unsaturated/α-hetero) is 1. The Kier molecular flexibility index (Phi) is 6.35. The molecule has 0 N–H and O–H groups in total. The number of hydrogen-bond acceptors (Lipinski definition) is 7. The molecule has 0 aromatic rings. The second kappa shape index (κ2) is 9.02. The topological polar surface area (TPSA) is 88.1 Å². The maximum Gasteiger partial charge on any atom is 0.303 e. The van der Waals surface area contributed by atoms with Crippen molar-refractivity contribution in [3.8, 4) is 0 Å². The quantitative estimate of drug-likeness (QED) is 0.460. The van der Waals surface area contributed by atoms with Crippen LogP contribution in [0, 0.1) is 52.3 Å². The number of esters is 2. The van der Waals surface area contributed by atoms with Crippen LogP contribution in [0.4, 0.5) is 0 Å². The van der Waals surface area contributed by atoms with Crippen LogP contribution in [0.3, 0.4) is 0 Å². The van der Waals surface area contributed by atoms with Gasteiger partial charge in [-0.15, -0.1) is 0 Å². The van der Waals surface area contributed by atoms with Crippen LogP contribution in [0.25, 0.3) is 0 Å². The smallest absolute Gasteiger partial charge is 0.303 e. The van der Waals surface area contributed by atoms with E-state index in [0.29, 0.717) is 18.4 Å². The predicted octanol–water partition coefficient (Wildman–Crippen LogP) is 5.09. The maximum absolute atomic E-state index is 14.6. The van der Waals surface area contributed by atoms with Crippen LogP contribution in [-0.2, 0) is 33.3 Å². The van der Waals surface area contributed by atoms with Crippen molar-refractivity contribution in [2.24, 2.45) is 52.3 Å². The van der Waals surface area contributed by atoms with Gasteiger partial charge in [0.1, 0.15) is 6.10 Å². The molecule has 212 valence electrons.